The van der Waals surface area contributed by atoms with Gasteiger partial charge in [-0.1, -0.05) is 43.3 Å². The number of thioether (sulfide) groups is 1. The van der Waals surface area contributed by atoms with Crippen LogP contribution in [0, 0.1) is 13.8 Å². The molecule has 1 fully saturated rings. The summed E-state index contributed by atoms with van der Waals surface area (Å²) in [4.78, 5) is 15.1. The Morgan fingerprint density at radius 2 is 2.00 bits per heavy atom. The summed E-state index contributed by atoms with van der Waals surface area (Å²) in [6.07, 6.45) is 6.16. The van der Waals surface area contributed by atoms with Crippen molar-refractivity contribution in [2.75, 3.05) is 25.4 Å². The molecule has 1 aromatic carbocycles. The highest BCUT2D eigenvalue weighted by Gasteiger charge is 2.20. The van der Waals surface area contributed by atoms with Crippen molar-refractivity contribution in [1.82, 2.24) is 30.2 Å². The van der Waals surface area contributed by atoms with Crippen LogP contribution in [-0.2, 0) is 4.79 Å². The van der Waals surface area contributed by atoms with Crippen LogP contribution < -0.4 is 5.32 Å². The van der Waals surface area contributed by atoms with Crippen LogP contribution in [0.2, 0.25) is 0 Å². The second-order valence-corrected chi connectivity index (χ2v) is 9.70. The number of para-hydroxylation sites is 1. The lowest BCUT2D eigenvalue weighted by Gasteiger charge is -2.35. The summed E-state index contributed by atoms with van der Waals surface area (Å²) in [5, 5.41) is 18.3. The fraction of sp³-hybridized carbons (Fsp3) is 0.520. The lowest BCUT2D eigenvalue weighted by molar-refractivity contribution is -0.118. The van der Waals surface area contributed by atoms with Gasteiger partial charge in [0.1, 0.15) is 10.5 Å². The van der Waals surface area contributed by atoms with Gasteiger partial charge in [-0.05, 0) is 58.2 Å². The fourth-order valence-corrected chi connectivity index (χ4v) is 5.48. The van der Waals surface area contributed by atoms with Crippen LogP contribution >= 0.6 is 11.8 Å². The highest BCUT2D eigenvalue weighted by Crippen LogP contribution is 2.29. The van der Waals surface area contributed by atoms with Gasteiger partial charge < -0.3 is 10.2 Å². The monoisotopic (exact) mass is 466 g/mol. The molecule has 4 rings (SSSR count). The first-order chi connectivity index (χ1) is 16.1. The smallest absolute Gasteiger partial charge is 0.230 e. The molecule has 8 heteroatoms. The normalized spacial score (nSPS) is 16.9. The lowest BCUT2D eigenvalue weighted by Crippen LogP contribution is -2.40. The average Bonchev–Trinajstić information content (AvgIpc) is 3.20. The second kappa shape index (κ2) is 11.1. The van der Waals surface area contributed by atoms with Gasteiger partial charge in [0.15, 0.2) is 0 Å². The van der Waals surface area contributed by atoms with Crippen molar-refractivity contribution in [2.24, 2.45) is 0 Å². The van der Waals surface area contributed by atoms with E-state index in [4.69, 9.17) is 5.10 Å². The predicted octanol–water partition coefficient (Wildman–Crippen LogP) is 4.30. The van der Waals surface area contributed by atoms with Gasteiger partial charge in [-0.3, -0.25) is 4.79 Å². The molecule has 1 aliphatic heterocycles. The van der Waals surface area contributed by atoms with E-state index in [1.54, 1.807) is 0 Å². The molecule has 7 nitrogen and oxygen atoms in total. The zero-order valence-electron chi connectivity index (χ0n) is 19.9. The number of likely N-dealkylation sites (tertiary alicyclic amines) is 1. The van der Waals surface area contributed by atoms with Crippen LogP contribution in [0.1, 0.15) is 50.4 Å². The summed E-state index contributed by atoms with van der Waals surface area (Å²) in [6, 6.07) is 10.8. The van der Waals surface area contributed by atoms with Crippen LogP contribution in [-0.4, -0.2) is 62.2 Å². The number of piperidine rings is 1. The van der Waals surface area contributed by atoms with Crippen molar-refractivity contribution in [3.63, 3.8) is 0 Å². The quantitative estimate of drug-likeness (QED) is 0.374. The summed E-state index contributed by atoms with van der Waals surface area (Å²) in [6.45, 7) is 9.24. The van der Waals surface area contributed by atoms with Gasteiger partial charge in [-0.25, -0.2) is 4.68 Å². The van der Waals surface area contributed by atoms with Crippen molar-refractivity contribution in [3.05, 3.63) is 41.7 Å². The van der Waals surface area contributed by atoms with Gasteiger partial charge in [-0.15, -0.1) is 5.10 Å². The molecule has 3 aromatic rings. The van der Waals surface area contributed by atoms with Crippen LogP contribution in [0.25, 0.3) is 16.6 Å². The Hall–Kier alpha value is -2.45. The van der Waals surface area contributed by atoms with E-state index in [1.807, 2.05) is 48.9 Å². The number of amides is 1. The van der Waals surface area contributed by atoms with Gasteiger partial charge >= 0.3 is 0 Å². The lowest BCUT2D eigenvalue weighted by atomic mass is 10.00. The summed E-state index contributed by atoms with van der Waals surface area (Å²) >= 11 is 1.40. The Morgan fingerprint density at radius 3 is 2.79 bits per heavy atom. The molecule has 1 aliphatic rings. The summed E-state index contributed by atoms with van der Waals surface area (Å²) in [5.41, 5.74) is 3.68. The molecule has 0 bridgehead atoms. The van der Waals surface area contributed by atoms with E-state index in [0.29, 0.717) is 23.4 Å². The molecule has 2 aromatic heterocycles. The molecule has 0 saturated carbocycles. The van der Waals surface area contributed by atoms with Gasteiger partial charge in [0.2, 0.25) is 5.91 Å². The summed E-state index contributed by atoms with van der Waals surface area (Å²) < 4.78 is 1.93. The molecule has 1 N–H and O–H groups in total. The number of aromatic nitrogens is 4. The van der Waals surface area contributed by atoms with Gasteiger partial charge in [0.25, 0.3) is 0 Å². The Morgan fingerprint density at radius 1 is 1.18 bits per heavy atom. The van der Waals surface area contributed by atoms with Crippen molar-refractivity contribution in [1.29, 1.82) is 0 Å². The second-order valence-electron chi connectivity index (χ2n) is 8.73. The van der Waals surface area contributed by atoms with Gasteiger partial charge in [0, 0.05) is 24.5 Å². The number of rotatable bonds is 9. The van der Waals surface area contributed by atoms with E-state index in [0.717, 1.165) is 40.9 Å². The number of aryl methyl sites for hydroxylation is 2. The molecular weight excluding hydrogens is 432 g/mol. The maximum atomic E-state index is 12.5. The highest BCUT2D eigenvalue weighted by molar-refractivity contribution is 8.00. The van der Waals surface area contributed by atoms with Gasteiger partial charge in [0.05, 0.1) is 22.8 Å². The van der Waals surface area contributed by atoms with E-state index in [-0.39, 0.29) is 5.91 Å². The van der Waals surface area contributed by atoms with E-state index in [2.05, 4.69) is 27.3 Å². The number of nitrogens with one attached hydrogen (secondary N) is 1. The van der Waals surface area contributed by atoms with Crippen molar-refractivity contribution in [3.8, 4) is 5.69 Å². The number of fused-ring (bicyclic) bond motifs is 1. The molecule has 176 valence electrons. The maximum absolute atomic E-state index is 12.5. The molecule has 0 radical (unpaired) electrons. The molecule has 1 unspecified atom stereocenters. The standard InChI is InChI=1S/C25H34N6OS/c1-4-20-11-8-9-15-30(20)16-10-14-26-22(32)17-33-25-24-23(18(2)27-28-25)19(3)31(29-24)21-12-6-5-7-13-21/h5-7,12-13,20H,4,8-11,14-17H2,1-3H3,(H,26,32). The Bertz CT molecular complexity index is 1080. The largest absolute Gasteiger partial charge is 0.355 e. The summed E-state index contributed by atoms with van der Waals surface area (Å²) in [7, 11) is 0. The van der Waals surface area contributed by atoms with E-state index >= 15 is 0 Å². The van der Waals surface area contributed by atoms with Crippen molar-refractivity contribution < 1.29 is 4.79 Å². The van der Waals surface area contributed by atoms with E-state index < -0.39 is 0 Å². The van der Waals surface area contributed by atoms with Crippen molar-refractivity contribution >= 4 is 28.6 Å². The number of hydrogen-bond acceptors (Lipinski definition) is 6. The molecule has 3 heterocycles. The van der Waals surface area contributed by atoms with Crippen LogP contribution in [0.3, 0.4) is 0 Å². The third-order valence-corrected chi connectivity index (χ3v) is 7.43. The predicted molar refractivity (Wildman–Crippen MR) is 134 cm³/mol. The molecule has 33 heavy (non-hydrogen) atoms. The molecule has 1 amide bonds. The first-order valence-electron chi connectivity index (χ1n) is 12.0. The van der Waals surface area contributed by atoms with Crippen LogP contribution in [0.15, 0.2) is 35.4 Å². The van der Waals surface area contributed by atoms with Gasteiger partial charge in [-0.2, -0.15) is 10.2 Å². The Balaban J connectivity index is 1.34. The number of nitrogens with zero attached hydrogens (tertiary/aromatic N) is 5. The molecule has 1 saturated heterocycles. The fourth-order valence-electron chi connectivity index (χ4n) is 4.73. The first kappa shape index (κ1) is 23.7. The minimum Gasteiger partial charge on any atom is -0.355 e. The minimum atomic E-state index is 0.0282. The Labute approximate surface area is 200 Å². The highest BCUT2D eigenvalue weighted by atomic mass is 32.2. The number of carbonyl (C=O) groups is 1. The Kier molecular flexibility index (Phi) is 7.98. The molecule has 0 aliphatic carbocycles. The number of hydrogen-bond donors (Lipinski definition) is 1. The zero-order chi connectivity index (χ0) is 23.2. The van der Waals surface area contributed by atoms with Crippen LogP contribution in [0.4, 0.5) is 0 Å². The number of benzene rings is 1. The first-order valence-corrected chi connectivity index (χ1v) is 13.0. The SMILES string of the molecule is CCC1CCCCN1CCCNC(=O)CSc1nnc(C)c2c(C)n(-c3ccccc3)nc12. The maximum Gasteiger partial charge on any atom is 0.230 e. The topological polar surface area (TPSA) is 75.9 Å². The molecule has 1 atom stereocenters. The molecule has 0 spiro atoms. The molecular formula is C25H34N6OS. The third kappa shape index (κ3) is 5.55. The summed E-state index contributed by atoms with van der Waals surface area (Å²) in [5.74, 6) is 0.339. The van der Waals surface area contributed by atoms with E-state index in [9.17, 15) is 4.79 Å². The van der Waals surface area contributed by atoms with E-state index in [1.165, 1.54) is 44.0 Å². The van der Waals surface area contributed by atoms with Crippen molar-refractivity contribution in [2.45, 2.75) is 63.9 Å². The minimum absolute atomic E-state index is 0.0282. The average molecular weight is 467 g/mol. The number of carbonyl (C=O) groups excluding carboxylic acids is 1. The third-order valence-electron chi connectivity index (χ3n) is 6.48. The zero-order valence-corrected chi connectivity index (χ0v) is 20.7. The van der Waals surface area contributed by atoms with Crippen LogP contribution in [0.5, 0.6) is 0 Å².